The summed E-state index contributed by atoms with van der Waals surface area (Å²) in [4.78, 5) is 17.9. The highest BCUT2D eigenvalue weighted by molar-refractivity contribution is 5.86. The topological polar surface area (TPSA) is 74.5 Å². The number of likely N-dealkylation sites (N-methyl/N-ethyl adjacent to an activating group) is 1. The minimum atomic E-state index is -0.00650. The molecule has 1 aromatic rings. The van der Waals surface area contributed by atoms with Gasteiger partial charge >= 0.3 is 0 Å². The predicted octanol–water partition coefficient (Wildman–Crippen LogP) is 0.854. The molecule has 7 nitrogen and oxygen atoms in total. The van der Waals surface area contributed by atoms with Crippen LogP contribution in [0.3, 0.4) is 0 Å². The van der Waals surface area contributed by atoms with E-state index in [0.29, 0.717) is 19.0 Å². The van der Waals surface area contributed by atoms with Crippen LogP contribution in [-0.2, 0) is 31.2 Å². The van der Waals surface area contributed by atoms with E-state index < -0.39 is 0 Å². The van der Waals surface area contributed by atoms with Crippen molar-refractivity contribution in [1.82, 2.24) is 25.3 Å². The van der Waals surface area contributed by atoms with Gasteiger partial charge in [-0.25, -0.2) is 4.99 Å². The van der Waals surface area contributed by atoms with Gasteiger partial charge in [0.1, 0.15) is 0 Å². The summed E-state index contributed by atoms with van der Waals surface area (Å²) in [6.45, 7) is 9.22. The molecule has 0 aliphatic rings. The van der Waals surface area contributed by atoms with Gasteiger partial charge in [0, 0.05) is 38.9 Å². The molecule has 0 saturated carbocycles. The highest BCUT2D eigenvalue weighted by Gasteiger charge is 2.13. The molecule has 24 heavy (non-hydrogen) atoms. The average molecular weight is 334 g/mol. The molecule has 0 saturated heterocycles. The molecule has 1 aromatic heterocycles. The molecular formula is C17H30N6O. The van der Waals surface area contributed by atoms with Crippen LogP contribution in [0.2, 0.25) is 0 Å². The van der Waals surface area contributed by atoms with Gasteiger partial charge in [0.2, 0.25) is 5.91 Å². The van der Waals surface area contributed by atoms with Crippen molar-refractivity contribution in [3.05, 3.63) is 29.6 Å². The summed E-state index contributed by atoms with van der Waals surface area (Å²) in [5.74, 6) is 0.589. The van der Waals surface area contributed by atoms with Crippen LogP contribution < -0.4 is 10.6 Å². The van der Waals surface area contributed by atoms with E-state index in [2.05, 4.69) is 41.2 Å². The second kappa shape index (κ2) is 9.75. The van der Waals surface area contributed by atoms with E-state index in [9.17, 15) is 4.79 Å². The number of carbonyl (C=O) groups excluding carboxylic acids is 1. The maximum absolute atomic E-state index is 11.7. The first-order chi connectivity index (χ1) is 11.4. The Bertz CT molecular complexity index is 588. The van der Waals surface area contributed by atoms with E-state index in [1.54, 1.807) is 25.1 Å². The number of rotatable bonds is 8. The Morgan fingerprint density at radius 1 is 1.33 bits per heavy atom. The Morgan fingerprint density at radius 3 is 2.58 bits per heavy atom. The van der Waals surface area contributed by atoms with Gasteiger partial charge in [-0.2, -0.15) is 5.10 Å². The smallest absolute Gasteiger partial charge is 0.241 e. The van der Waals surface area contributed by atoms with Crippen molar-refractivity contribution in [3.8, 4) is 0 Å². The number of guanidine groups is 1. The Labute approximate surface area is 144 Å². The van der Waals surface area contributed by atoms with Gasteiger partial charge in [-0.15, -0.1) is 6.58 Å². The van der Waals surface area contributed by atoms with Gasteiger partial charge < -0.3 is 15.5 Å². The number of nitrogens with zero attached hydrogens (tertiary/aromatic N) is 4. The lowest BCUT2D eigenvalue weighted by molar-refractivity contribution is -0.127. The van der Waals surface area contributed by atoms with Gasteiger partial charge in [-0.05, 0) is 12.8 Å². The molecule has 0 aromatic carbocycles. The minimum Gasteiger partial charge on any atom is -0.353 e. The molecule has 1 rings (SSSR count). The van der Waals surface area contributed by atoms with Crippen LogP contribution in [0.4, 0.5) is 0 Å². The van der Waals surface area contributed by atoms with Crippen molar-refractivity contribution in [2.45, 2.75) is 33.2 Å². The first kappa shape index (κ1) is 19.7. The van der Waals surface area contributed by atoms with Gasteiger partial charge in [-0.3, -0.25) is 9.48 Å². The van der Waals surface area contributed by atoms with Crippen LogP contribution >= 0.6 is 0 Å². The van der Waals surface area contributed by atoms with Gasteiger partial charge in [0.15, 0.2) is 5.96 Å². The Kier molecular flexibility index (Phi) is 8.01. The molecule has 0 aliphatic heterocycles. The Morgan fingerprint density at radius 2 is 2.04 bits per heavy atom. The maximum atomic E-state index is 11.7. The molecule has 0 radical (unpaired) electrons. The van der Waals surface area contributed by atoms with Crippen LogP contribution in [0.1, 0.15) is 30.8 Å². The fourth-order valence-corrected chi connectivity index (χ4v) is 2.39. The van der Waals surface area contributed by atoms with E-state index >= 15 is 0 Å². The molecule has 1 heterocycles. The largest absolute Gasteiger partial charge is 0.353 e. The second-order valence-electron chi connectivity index (χ2n) is 5.68. The summed E-state index contributed by atoms with van der Waals surface area (Å²) >= 11 is 0. The van der Waals surface area contributed by atoms with E-state index in [1.807, 2.05) is 11.7 Å². The summed E-state index contributed by atoms with van der Waals surface area (Å²) in [7, 11) is 5.43. The second-order valence-corrected chi connectivity index (χ2v) is 5.68. The molecule has 0 spiro atoms. The van der Waals surface area contributed by atoms with Crippen molar-refractivity contribution >= 4 is 11.9 Å². The summed E-state index contributed by atoms with van der Waals surface area (Å²) in [6.07, 6.45) is 3.54. The van der Waals surface area contributed by atoms with E-state index in [-0.39, 0.29) is 12.5 Å². The summed E-state index contributed by atoms with van der Waals surface area (Å²) < 4.78 is 1.93. The first-order valence-corrected chi connectivity index (χ1v) is 8.31. The monoisotopic (exact) mass is 334 g/mol. The van der Waals surface area contributed by atoms with Crippen LogP contribution in [0, 0.1) is 0 Å². The fourth-order valence-electron chi connectivity index (χ4n) is 2.39. The number of aromatic nitrogens is 2. The lowest BCUT2D eigenvalue weighted by Crippen LogP contribution is -2.43. The number of aliphatic imine (C=N–C) groups is 1. The Balaban J connectivity index is 2.90. The third kappa shape index (κ3) is 5.40. The molecule has 0 fully saturated rings. The van der Waals surface area contributed by atoms with Crippen LogP contribution in [0.15, 0.2) is 17.6 Å². The van der Waals surface area contributed by atoms with Crippen LogP contribution in [0.25, 0.3) is 0 Å². The predicted molar refractivity (Wildman–Crippen MR) is 98.0 cm³/mol. The highest BCUT2D eigenvalue weighted by Crippen LogP contribution is 2.16. The maximum Gasteiger partial charge on any atom is 0.241 e. The van der Waals surface area contributed by atoms with Gasteiger partial charge in [-0.1, -0.05) is 19.9 Å². The zero-order chi connectivity index (χ0) is 18.1. The lowest BCUT2D eigenvalue weighted by atomic mass is 10.1. The SMILES string of the molecule is C=CCNC(=NCc1c(CC)nn(C)c1CC)NCC(=O)N(C)C. The summed E-state index contributed by atoms with van der Waals surface area (Å²) in [5, 5.41) is 10.8. The number of hydrogen-bond acceptors (Lipinski definition) is 3. The molecule has 0 aliphatic carbocycles. The van der Waals surface area contributed by atoms with Gasteiger partial charge in [0.25, 0.3) is 0 Å². The zero-order valence-electron chi connectivity index (χ0n) is 15.5. The summed E-state index contributed by atoms with van der Waals surface area (Å²) in [6, 6.07) is 0. The number of carbonyl (C=O) groups is 1. The average Bonchev–Trinajstić information content (AvgIpc) is 2.88. The minimum absolute atomic E-state index is 0.00650. The first-order valence-electron chi connectivity index (χ1n) is 8.31. The van der Waals surface area contributed by atoms with Crippen LogP contribution in [-0.4, -0.2) is 53.7 Å². The van der Waals surface area contributed by atoms with Crippen LogP contribution in [0.5, 0.6) is 0 Å². The fraction of sp³-hybridized carbons (Fsp3) is 0.588. The molecular weight excluding hydrogens is 304 g/mol. The van der Waals surface area contributed by atoms with Crippen molar-refractivity contribution in [1.29, 1.82) is 0 Å². The molecule has 1 amide bonds. The number of aryl methyl sites for hydroxylation is 2. The van der Waals surface area contributed by atoms with Crippen molar-refractivity contribution in [2.75, 3.05) is 27.2 Å². The summed E-state index contributed by atoms with van der Waals surface area (Å²) in [5.41, 5.74) is 3.44. The normalized spacial score (nSPS) is 11.3. The molecule has 0 unspecified atom stereocenters. The van der Waals surface area contributed by atoms with Crippen molar-refractivity contribution in [3.63, 3.8) is 0 Å². The molecule has 134 valence electrons. The lowest BCUT2D eigenvalue weighted by Gasteiger charge is -2.14. The number of hydrogen-bond donors (Lipinski definition) is 2. The zero-order valence-corrected chi connectivity index (χ0v) is 15.5. The third-order valence-electron chi connectivity index (χ3n) is 3.74. The molecule has 0 bridgehead atoms. The molecule has 2 N–H and O–H groups in total. The highest BCUT2D eigenvalue weighted by atomic mass is 16.2. The number of nitrogens with one attached hydrogen (secondary N) is 2. The third-order valence-corrected chi connectivity index (χ3v) is 3.74. The Hall–Kier alpha value is -2.31. The molecule has 0 atom stereocenters. The quantitative estimate of drug-likeness (QED) is 0.420. The molecule has 7 heteroatoms. The van der Waals surface area contributed by atoms with Gasteiger partial charge in [0.05, 0.1) is 18.8 Å². The standard InChI is InChI=1S/C17H30N6O/c1-7-10-18-17(20-12-16(24)22(4)5)19-11-13-14(8-2)21-23(6)15(13)9-3/h7H,1,8-12H2,2-6H3,(H2,18,19,20). The van der Waals surface area contributed by atoms with E-state index in [1.165, 1.54) is 11.3 Å². The van der Waals surface area contributed by atoms with Crippen molar-refractivity contribution in [2.24, 2.45) is 12.0 Å². The number of amides is 1. The van der Waals surface area contributed by atoms with Crippen molar-refractivity contribution < 1.29 is 4.79 Å². The van der Waals surface area contributed by atoms with E-state index in [4.69, 9.17) is 0 Å². The van der Waals surface area contributed by atoms with E-state index in [0.717, 1.165) is 18.5 Å².